The molecule has 0 saturated heterocycles. The molecule has 7 nitrogen and oxygen atoms in total. The number of nitro groups is 1. The first-order valence-corrected chi connectivity index (χ1v) is 6.04. The van der Waals surface area contributed by atoms with Gasteiger partial charge in [-0.2, -0.15) is 4.98 Å². The molecule has 0 aliphatic heterocycles. The molecule has 0 bridgehead atoms. The Kier molecular flexibility index (Phi) is 3.82. The van der Waals surface area contributed by atoms with E-state index in [4.69, 9.17) is 22.1 Å². The normalized spacial score (nSPS) is 10.2. The predicted octanol–water partition coefficient (Wildman–Crippen LogP) is 3.18. The van der Waals surface area contributed by atoms with Crippen LogP contribution in [-0.4, -0.2) is 14.9 Å². The van der Waals surface area contributed by atoms with E-state index >= 15 is 0 Å². The molecule has 0 radical (unpaired) electrons. The topological polar surface area (TPSA) is 104 Å². The fourth-order valence-corrected chi connectivity index (χ4v) is 2.00. The smallest absolute Gasteiger partial charge is 0.372 e. The zero-order valence-electron chi connectivity index (χ0n) is 9.21. The quantitative estimate of drug-likeness (QED) is 0.676. The van der Waals surface area contributed by atoms with Crippen LogP contribution < -0.4 is 10.5 Å². The summed E-state index contributed by atoms with van der Waals surface area (Å²) in [5.74, 6) is -0.309. The molecule has 19 heavy (non-hydrogen) atoms. The van der Waals surface area contributed by atoms with Gasteiger partial charge in [0, 0.05) is 4.47 Å². The van der Waals surface area contributed by atoms with E-state index in [-0.39, 0.29) is 22.5 Å². The average molecular weight is 346 g/mol. The fourth-order valence-electron chi connectivity index (χ4n) is 1.28. The van der Waals surface area contributed by atoms with E-state index in [9.17, 15) is 10.1 Å². The molecule has 2 aromatic rings. The number of nitrogens with two attached hydrogens (primary N) is 1. The lowest BCUT2D eigenvalue weighted by atomic mass is 10.3. The molecule has 2 rings (SSSR count). The number of anilines is 1. The highest BCUT2D eigenvalue weighted by Crippen LogP contribution is 2.36. The summed E-state index contributed by atoms with van der Waals surface area (Å²) in [5.41, 5.74) is 4.93. The Bertz CT molecular complexity index is 653. The van der Waals surface area contributed by atoms with Crippen molar-refractivity contribution in [3.63, 3.8) is 0 Å². The third kappa shape index (κ3) is 2.91. The highest BCUT2D eigenvalue weighted by Gasteiger charge is 2.23. The number of hydrogen-bond donors (Lipinski definition) is 1. The molecule has 0 unspecified atom stereocenters. The standard InChI is InChI=1S/C10H6BrClN4O3/c11-5-1-2-7(6(12)3-5)19-10-8(16(17)18)9(13)14-4-15-10/h1-4H,(H2,13,14,15). The Morgan fingerprint density at radius 2 is 2.16 bits per heavy atom. The van der Waals surface area contributed by atoms with E-state index in [1.807, 2.05) is 0 Å². The first-order valence-electron chi connectivity index (χ1n) is 4.87. The van der Waals surface area contributed by atoms with Crippen molar-refractivity contribution in [3.05, 3.63) is 44.1 Å². The number of nitrogen functional groups attached to an aromatic ring is 1. The minimum absolute atomic E-state index is 0.228. The van der Waals surface area contributed by atoms with Crippen LogP contribution in [0.2, 0.25) is 5.02 Å². The maximum absolute atomic E-state index is 10.9. The van der Waals surface area contributed by atoms with Crippen molar-refractivity contribution in [2.75, 3.05) is 5.73 Å². The van der Waals surface area contributed by atoms with Gasteiger partial charge >= 0.3 is 11.6 Å². The Hall–Kier alpha value is -1.93. The molecule has 0 saturated carbocycles. The summed E-state index contributed by atoms with van der Waals surface area (Å²) >= 11 is 9.19. The zero-order valence-corrected chi connectivity index (χ0v) is 11.6. The van der Waals surface area contributed by atoms with Gasteiger partial charge in [-0.1, -0.05) is 27.5 Å². The molecule has 98 valence electrons. The van der Waals surface area contributed by atoms with Crippen molar-refractivity contribution in [2.45, 2.75) is 0 Å². The first-order chi connectivity index (χ1) is 8.99. The zero-order chi connectivity index (χ0) is 14.0. The van der Waals surface area contributed by atoms with Gasteiger partial charge in [0.2, 0.25) is 5.82 Å². The Morgan fingerprint density at radius 1 is 1.42 bits per heavy atom. The maximum atomic E-state index is 10.9. The van der Waals surface area contributed by atoms with Crippen LogP contribution in [0.5, 0.6) is 11.6 Å². The molecule has 0 amide bonds. The molecular weight excluding hydrogens is 339 g/mol. The molecule has 1 aromatic carbocycles. The summed E-state index contributed by atoms with van der Waals surface area (Å²) in [5, 5.41) is 11.2. The third-order valence-corrected chi connectivity index (χ3v) is 2.89. The second kappa shape index (κ2) is 5.37. The van der Waals surface area contributed by atoms with E-state index in [0.29, 0.717) is 0 Å². The van der Waals surface area contributed by atoms with Gasteiger partial charge in [-0.15, -0.1) is 0 Å². The number of halogens is 2. The monoisotopic (exact) mass is 344 g/mol. The molecule has 0 fully saturated rings. The Labute approximate surface area is 120 Å². The highest BCUT2D eigenvalue weighted by atomic mass is 79.9. The van der Waals surface area contributed by atoms with E-state index in [2.05, 4.69) is 25.9 Å². The minimum Gasteiger partial charge on any atom is -0.432 e. The van der Waals surface area contributed by atoms with Gasteiger partial charge in [0.25, 0.3) is 0 Å². The lowest BCUT2D eigenvalue weighted by Crippen LogP contribution is -2.02. The van der Waals surface area contributed by atoms with E-state index in [1.54, 1.807) is 18.2 Å². The van der Waals surface area contributed by atoms with E-state index in [0.717, 1.165) is 10.8 Å². The molecule has 0 aliphatic carbocycles. The second-order valence-corrected chi connectivity index (χ2v) is 4.67. The summed E-state index contributed by atoms with van der Waals surface area (Å²) in [6.07, 6.45) is 1.07. The van der Waals surface area contributed by atoms with Gasteiger partial charge < -0.3 is 10.5 Å². The lowest BCUT2D eigenvalue weighted by Gasteiger charge is -2.07. The minimum atomic E-state index is -0.711. The van der Waals surface area contributed by atoms with Crippen LogP contribution in [0.15, 0.2) is 29.0 Å². The number of benzene rings is 1. The van der Waals surface area contributed by atoms with E-state index < -0.39 is 10.6 Å². The van der Waals surface area contributed by atoms with Gasteiger partial charge in [0.05, 0.1) is 9.95 Å². The summed E-state index contributed by atoms with van der Waals surface area (Å²) in [6, 6.07) is 4.82. The molecule has 0 spiro atoms. The van der Waals surface area contributed by atoms with E-state index in [1.165, 1.54) is 0 Å². The number of nitrogens with zero attached hydrogens (tertiary/aromatic N) is 3. The average Bonchev–Trinajstić information content (AvgIpc) is 2.32. The van der Waals surface area contributed by atoms with Gasteiger partial charge in [0.15, 0.2) is 0 Å². The van der Waals surface area contributed by atoms with Crippen molar-refractivity contribution in [3.8, 4) is 11.6 Å². The van der Waals surface area contributed by atoms with Gasteiger partial charge in [-0.25, -0.2) is 4.98 Å². The van der Waals surface area contributed by atoms with Crippen LogP contribution in [0.1, 0.15) is 0 Å². The summed E-state index contributed by atoms with van der Waals surface area (Å²) < 4.78 is 6.06. The van der Waals surface area contributed by atoms with Gasteiger partial charge in [-0.3, -0.25) is 10.1 Å². The van der Waals surface area contributed by atoms with Crippen molar-refractivity contribution in [2.24, 2.45) is 0 Å². The molecule has 1 aromatic heterocycles. The molecule has 0 atom stereocenters. The molecule has 1 heterocycles. The number of rotatable bonds is 3. The van der Waals surface area contributed by atoms with Crippen LogP contribution in [-0.2, 0) is 0 Å². The number of hydrogen-bond acceptors (Lipinski definition) is 6. The third-order valence-electron chi connectivity index (χ3n) is 2.10. The molecule has 9 heteroatoms. The van der Waals surface area contributed by atoms with Crippen molar-refractivity contribution in [1.82, 2.24) is 9.97 Å². The predicted molar refractivity (Wildman–Crippen MR) is 72.3 cm³/mol. The second-order valence-electron chi connectivity index (χ2n) is 3.35. The highest BCUT2D eigenvalue weighted by molar-refractivity contribution is 9.10. The molecule has 2 N–H and O–H groups in total. The van der Waals surface area contributed by atoms with Crippen LogP contribution in [0.3, 0.4) is 0 Å². The number of aromatic nitrogens is 2. The largest absolute Gasteiger partial charge is 0.432 e. The van der Waals surface area contributed by atoms with Crippen LogP contribution in [0, 0.1) is 10.1 Å². The summed E-state index contributed by atoms with van der Waals surface area (Å²) in [6.45, 7) is 0. The van der Waals surface area contributed by atoms with Crippen LogP contribution in [0.4, 0.5) is 11.5 Å². The maximum Gasteiger partial charge on any atom is 0.372 e. The first kappa shape index (κ1) is 13.5. The Morgan fingerprint density at radius 3 is 2.79 bits per heavy atom. The molecule has 0 aliphatic rings. The fraction of sp³-hybridized carbons (Fsp3) is 0. The van der Waals surface area contributed by atoms with Crippen molar-refractivity contribution < 1.29 is 9.66 Å². The Balaban J connectivity index is 2.44. The van der Waals surface area contributed by atoms with Crippen molar-refractivity contribution in [1.29, 1.82) is 0 Å². The van der Waals surface area contributed by atoms with Gasteiger partial charge in [-0.05, 0) is 18.2 Å². The summed E-state index contributed by atoms with van der Waals surface area (Å²) in [4.78, 5) is 17.4. The number of ether oxygens (including phenoxy) is 1. The lowest BCUT2D eigenvalue weighted by molar-refractivity contribution is -0.385. The van der Waals surface area contributed by atoms with Crippen LogP contribution >= 0.6 is 27.5 Å². The molecular formula is C10H6BrClN4O3. The summed E-state index contributed by atoms with van der Waals surface area (Å²) in [7, 11) is 0. The SMILES string of the molecule is Nc1ncnc(Oc2ccc(Br)cc2Cl)c1[N+](=O)[O-]. The van der Waals surface area contributed by atoms with Gasteiger partial charge in [0.1, 0.15) is 12.1 Å². The van der Waals surface area contributed by atoms with Crippen molar-refractivity contribution >= 4 is 39.0 Å². The van der Waals surface area contributed by atoms with Crippen LogP contribution in [0.25, 0.3) is 0 Å².